The van der Waals surface area contributed by atoms with Crippen LogP contribution in [0.1, 0.15) is 32.6 Å². The summed E-state index contributed by atoms with van der Waals surface area (Å²) in [6.45, 7) is 0. The van der Waals surface area contributed by atoms with Crippen LogP contribution in [-0.2, 0) is 0 Å². The highest BCUT2D eigenvalue weighted by Crippen LogP contribution is 2.36. The Balaban J connectivity index is 1.57. The number of hydrazone groups is 1. The number of rotatable bonds is 3. The first kappa shape index (κ1) is 16.3. The third-order valence-corrected chi connectivity index (χ3v) is 6.31. The molecular formula is C20H14N4OS2. The molecule has 1 unspecified atom stereocenters. The molecule has 0 spiro atoms. The molecule has 5 rings (SSSR count). The monoisotopic (exact) mass is 390 g/mol. The summed E-state index contributed by atoms with van der Waals surface area (Å²) >= 11 is 3.08. The fourth-order valence-corrected chi connectivity index (χ4v) is 4.63. The molecule has 0 bridgehead atoms. The van der Waals surface area contributed by atoms with E-state index in [1.807, 2.05) is 53.2 Å². The van der Waals surface area contributed by atoms with Crippen LogP contribution in [0, 0.1) is 0 Å². The second kappa shape index (κ2) is 6.68. The Morgan fingerprint density at radius 1 is 1.00 bits per heavy atom. The Bertz CT molecular complexity index is 1140. The van der Waals surface area contributed by atoms with Crippen LogP contribution in [0.4, 0.5) is 0 Å². The van der Waals surface area contributed by atoms with Crippen LogP contribution >= 0.6 is 22.7 Å². The average Bonchev–Trinajstić information content (AvgIpc) is 3.48. The molecule has 0 N–H and O–H groups in total. The Morgan fingerprint density at radius 3 is 2.59 bits per heavy atom. The Labute approximate surface area is 163 Å². The molecule has 3 aromatic heterocycles. The molecule has 1 amide bonds. The van der Waals surface area contributed by atoms with Gasteiger partial charge in [0.2, 0.25) is 0 Å². The van der Waals surface area contributed by atoms with Gasteiger partial charge in [0.25, 0.3) is 5.91 Å². The number of benzene rings is 1. The number of nitrogens with zero attached hydrogens (tertiary/aromatic N) is 4. The first-order chi connectivity index (χ1) is 13.3. The van der Waals surface area contributed by atoms with Crippen molar-refractivity contribution in [1.82, 2.24) is 15.0 Å². The molecule has 7 heteroatoms. The topological polar surface area (TPSA) is 58.5 Å². The van der Waals surface area contributed by atoms with Gasteiger partial charge in [0.1, 0.15) is 0 Å². The number of amides is 1. The van der Waals surface area contributed by atoms with Crippen molar-refractivity contribution in [3.8, 4) is 0 Å². The lowest BCUT2D eigenvalue weighted by molar-refractivity contribution is 0.0716. The maximum Gasteiger partial charge on any atom is 0.284 e. The first-order valence-corrected chi connectivity index (χ1v) is 10.2. The van der Waals surface area contributed by atoms with Crippen molar-refractivity contribution in [1.29, 1.82) is 0 Å². The van der Waals surface area contributed by atoms with E-state index < -0.39 is 0 Å². The van der Waals surface area contributed by atoms with E-state index in [0.29, 0.717) is 11.3 Å². The van der Waals surface area contributed by atoms with E-state index in [2.05, 4.69) is 9.97 Å². The minimum Gasteiger partial charge on any atom is -0.266 e. The molecule has 0 saturated heterocycles. The largest absolute Gasteiger partial charge is 0.284 e. The van der Waals surface area contributed by atoms with Gasteiger partial charge >= 0.3 is 0 Å². The minimum absolute atomic E-state index is 0.0687. The summed E-state index contributed by atoms with van der Waals surface area (Å²) in [5, 5.41) is 10.3. The second-order valence-corrected chi connectivity index (χ2v) is 8.07. The summed E-state index contributed by atoms with van der Waals surface area (Å²) in [5.74, 6) is -0.0687. The molecule has 5 nitrogen and oxygen atoms in total. The Kier molecular flexibility index (Phi) is 4.03. The molecule has 4 heterocycles. The lowest BCUT2D eigenvalue weighted by Gasteiger charge is -2.21. The van der Waals surface area contributed by atoms with E-state index in [9.17, 15) is 4.79 Å². The summed E-state index contributed by atoms with van der Waals surface area (Å²) in [6, 6.07) is 13.6. The van der Waals surface area contributed by atoms with Crippen LogP contribution in [0.15, 0.2) is 70.7 Å². The third-order valence-electron chi connectivity index (χ3n) is 4.53. The predicted molar refractivity (Wildman–Crippen MR) is 108 cm³/mol. The number of hydrogen-bond donors (Lipinski definition) is 0. The number of fused-ring (bicyclic) bond motifs is 1. The van der Waals surface area contributed by atoms with Crippen molar-refractivity contribution in [2.75, 3.05) is 0 Å². The molecule has 132 valence electrons. The first-order valence-electron chi connectivity index (χ1n) is 8.49. The van der Waals surface area contributed by atoms with Gasteiger partial charge in [-0.25, -0.2) is 5.01 Å². The van der Waals surface area contributed by atoms with E-state index >= 15 is 0 Å². The minimum atomic E-state index is -0.150. The third kappa shape index (κ3) is 2.94. The maximum absolute atomic E-state index is 13.1. The summed E-state index contributed by atoms with van der Waals surface area (Å²) in [6.07, 6.45) is 4.05. The lowest BCUT2D eigenvalue weighted by Crippen LogP contribution is -2.26. The fraction of sp³-hybridized carbons (Fsp3) is 0.100. The molecule has 1 aliphatic rings. The lowest BCUT2D eigenvalue weighted by atomic mass is 10.0. The van der Waals surface area contributed by atoms with Crippen molar-refractivity contribution in [2.45, 2.75) is 12.5 Å². The molecule has 0 saturated carbocycles. The van der Waals surface area contributed by atoms with Crippen molar-refractivity contribution in [3.05, 3.63) is 80.9 Å². The number of aromatic nitrogens is 2. The van der Waals surface area contributed by atoms with Gasteiger partial charge < -0.3 is 0 Å². The van der Waals surface area contributed by atoms with E-state index in [4.69, 9.17) is 5.10 Å². The summed E-state index contributed by atoms with van der Waals surface area (Å²) in [5.41, 5.74) is 3.63. The Morgan fingerprint density at radius 2 is 1.81 bits per heavy atom. The zero-order chi connectivity index (χ0) is 18.2. The van der Waals surface area contributed by atoms with Gasteiger partial charge in [0, 0.05) is 18.8 Å². The van der Waals surface area contributed by atoms with Gasteiger partial charge in [-0.05, 0) is 40.6 Å². The van der Waals surface area contributed by atoms with Crippen LogP contribution < -0.4 is 0 Å². The van der Waals surface area contributed by atoms with Crippen molar-refractivity contribution >= 4 is 45.3 Å². The molecule has 1 aliphatic heterocycles. The van der Waals surface area contributed by atoms with Crippen LogP contribution in [0.3, 0.4) is 0 Å². The molecule has 0 fully saturated rings. The van der Waals surface area contributed by atoms with Crippen molar-refractivity contribution < 1.29 is 4.79 Å². The van der Waals surface area contributed by atoms with Crippen LogP contribution in [-0.4, -0.2) is 26.6 Å². The molecule has 4 aromatic rings. The highest BCUT2D eigenvalue weighted by atomic mass is 32.1. The number of carbonyl (C=O) groups excluding carboxylic acids is 1. The molecule has 1 atom stereocenters. The van der Waals surface area contributed by atoms with E-state index in [1.165, 1.54) is 11.3 Å². The Hall–Kier alpha value is -2.90. The smallest absolute Gasteiger partial charge is 0.266 e. The van der Waals surface area contributed by atoms with E-state index in [1.54, 1.807) is 28.7 Å². The van der Waals surface area contributed by atoms with Crippen molar-refractivity contribution in [3.63, 3.8) is 0 Å². The second-order valence-electron chi connectivity index (χ2n) is 6.18. The number of carbonyl (C=O) groups is 1. The van der Waals surface area contributed by atoms with Gasteiger partial charge in [-0.1, -0.05) is 18.2 Å². The van der Waals surface area contributed by atoms with Crippen LogP contribution in [0.25, 0.3) is 11.0 Å². The van der Waals surface area contributed by atoms with E-state index in [-0.39, 0.29) is 11.9 Å². The summed E-state index contributed by atoms with van der Waals surface area (Å²) in [4.78, 5) is 23.6. The maximum atomic E-state index is 13.1. The van der Waals surface area contributed by atoms with Crippen LogP contribution in [0.2, 0.25) is 0 Å². The zero-order valence-electron chi connectivity index (χ0n) is 14.1. The summed E-state index contributed by atoms with van der Waals surface area (Å²) in [7, 11) is 0. The standard InChI is InChI=1S/C20H14N4OS2/c25-20(19-4-2-10-27-19)24-17(12-16(23-24)18-3-1-9-26-18)13-5-6-14-15(11-13)22-8-7-21-14/h1-11,17H,12H2. The normalized spacial score (nSPS) is 16.7. The highest BCUT2D eigenvalue weighted by Gasteiger charge is 2.34. The molecule has 0 aliphatic carbocycles. The van der Waals surface area contributed by atoms with E-state index in [0.717, 1.165) is 27.2 Å². The predicted octanol–water partition coefficient (Wildman–Crippen LogP) is 4.74. The van der Waals surface area contributed by atoms with Gasteiger partial charge in [-0.3, -0.25) is 14.8 Å². The molecule has 1 aromatic carbocycles. The molecule has 27 heavy (non-hydrogen) atoms. The summed E-state index contributed by atoms with van der Waals surface area (Å²) < 4.78 is 0. The van der Waals surface area contributed by atoms with Gasteiger partial charge in [-0.15, -0.1) is 22.7 Å². The SMILES string of the molecule is O=C(c1cccs1)N1N=C(c2cccs2)CC1c1ccc2nccnc2c1. The zero-order valence-corrected chi connectivity index (χ0v) is 15.8. The number of hydrogen-bond acceptors (Lipinski definition) is 6. The van der Waals surface area contributed by atoms with Crippen molar-refractivity contribution in [2.24, 2.45) is 5.10 Å². The quantitative estimate of drug-likeness (QED) is 0.507. The van der Waals surface area contributed by atoms with Crippen LogP contribution in [0.5, 0.6) is 0 Å². The molecular weight excluding hydrogens is 376 g/mol. The van der Waals surface area contributed by atoms with Gasteiger partial charge in [-0.2, -0.15) is 5.10 Å². The molecule has 0 radical (unpaired) electrons. The highest BCUT2D eigenvalue weighted by molar-refractivity contribution is 7.12. The average molecular weight is 390 g/mol. The fourth-order valence-electron chi connectivity index (χ4n) is 3.25. The van der Waals surface area contributed by atoms with Gasteiger partial charge in [0.15, 0.2) is 0 Å². The van der Waals surface area contributed by atoms with Gasteiger partial charge in [0.05, 0.1) is 32.5 Å². The number of thiophene rings is 2.